The van der Waals surface area contributed by atoms with Crippen LogP contribution < -0.4 is 15.0 Å². The third-order valence-corrected chi connectivity index (χ3v) is 7.53. The molecule has 2 aromatic rings. The van der Waals surface area contributed by atoms with Crippen LogP contribution in [0.3, 0.4) is 0 Å². The van der Waals surface area contributed by atoms with E-state index in [1.54, 1.807) is 35.0 Å². The number of piperidine rings is 1. The molecule has 0 aliphatic carbocycles. The Balaban J connectivity index is 1.29. The summed E-state index contributed by atoms with van der Waals surface area (Å²) in [7, 11) is 0. The van der Waals surface area contributed by atoms with Crippen LogP contribution in [0.5, 0.6) is 5.75 Å². The van der Waals surface area contributed by atoms with Gasteiger partial charge in [0.25, 0.3) is 5.91 Å². The Kier molecular flexibility index (Phi) is 7.18. The SMILES string of the molecule is CC(C)C1NC(=S)N(c2ccc(OC(=O)N3CCC(C(C)Sc4ncc[nH]4)CC3)cn2)C1=O. The first-order valence-electron chi connectivity index (χ1n) is 11.1. The minimum absolute atomic E-state index is 0.108. The number of anilines is 1. The zero-order chi connectivity index (χ0) is 23.5. The molecule has 2 aliphatic rings. The largest absolute Gasteiger partial charge is 0.415 e. The van der Waals surface area contributed by atoms with E-state index in [0.29, 0.717) is 40.9 Å². The third kappa shape index (κ3) is 5.30. The van der Waals surface area contributed by atoms with Crippen LogP contribution in [0.1, 0.15) is 33.6 Å². The maximum Gasteiger partial charge on any atom is 0.415 e. The number of thiocarbonyl (C=S) groups is 1. The van der Waals surface area contributed by atoms with Crippen molar-refractivity contribution in [2.24, 2.45) is 11.8 Å². The summed E-state index contributed by atoms with van der Waals surface area (Å²) in [6.07, 6.45) is 6.47. The number of nitrogens with zero attached hydrogens (tertiary/aromatic N) is 4. The standard InChI is InChI=1S/C22H28N6O3S2/c1-13(2)18-19(29)28(21(32)26-18)17-5-4-16(12-25-17)31-22(30)27-10-6-15(7-11-27)14(3)33-20-23-8-9-24-20/h4-5,8-9,12-15,18H,6-7,10-11H2,1-3H3,(H,23,24)(H,26,32). The lowest BCUT2D eigenvalue weighted by Crippen LogP contribution is -2.41. The number of H-pyrrole nitrogens is 1. The van der Waals surface area contributed by atoms with Gasteiger partial charge in [-0.1, -0.05) is 32.5 Å². The lowest BCUT2D eigenvalue weighted by atomic mass is 9.94. The molecular formula is C22H28N6O3S2. The minimum Gasteiger partial charge on any atom is -0.409 e. The van der Waals surface area contributed by atoms with E-state index in [-0.39, 0.29) is 24.0 Å². The Morgan fingerprint density at radius 1 is 1.24 bits per heavy atom. The summed E-state index contributed by atoms with van der Waals surface area (Å²) in [6.45, 7) is 7.42. The number of aromatic nitrogens is 3. The third-order valence-electron chi connectivity index (χ3n) is 6.02. The summed E-state index contributed by atoms with van der Waals surface area (Å²) in [4.78, 5) is 40.1. The summed E-state index contributed by atoms with van der Waals surface area (Å²) < 4.78 is 5.52. The molecule has 33 heavy (non-hydrogen) atoms. The molecule has 0 bridgehead atoms. The average Bonchev–Trinajstić information content (AvgIpc) is 3.42. The highest BCUT2D eigenvalue weighted by Crippen LogP contribution is 2.32. The molecule has 0 radical (unpaired) electrons. The summed E-state index contributed by atoms with van der Waals surface area (Å²) in [5.74, 6) is 1.23. The van der Waals surface area contributed by atoms with E-state index in [0.717, 1.165) is 18.0 Å². The fourth-order valence-electron chi connectivity index (χ4n) is 4.04. The Labute approximate surface area is 202 Å². The summed E-state index contributed by atoms with van der Waals surface area (Å²) in [5, 5.41) is 4.70. The maximum absolute atomic E-state index is 12.6. The van der Waals surface area contributed by atoms with E-state index in [2.05, 4.69) is 27.2 Å². The van der Waals surface area contributed by atoms with Gasteiger partial charge in [0.1, 0.15) is 11.9 Å². The Morgan fingerprint density at radius 2 is 2.00 bits per heavy atom. The molecule has 2 N–H and O–H groups in total. The molecule has 2 saturated heterocycles. The fourth-order valence-corrected chi connectivity index (χ4v) is 5.42. The van der Waals surface area contributed by atoms with Gasteiger partial charge in [-0.05, 0) is 49.0 Å². The number of amides is 2. The van der Waals surface area contributed by atoms with Gasteiger partial charge in [0.05, 0.1) is 6.20 Å². The van der Waals surface area contributed by atoms with Crippen molar-refractivity contribution >= 4 is 46.9 Å². The van der Waals surface area contributed by atoms with E-state index in [4.69, 9.17) is 17.0 Å². The number of hydrogen-bond acceptors (Lipinski definition) is 7. The van der Waals surface area contributed by atoms with Crippen molar-refractivity contribution < 1.29 is 14.3 Å². The number of hydrogen-bond donors (Lipinski definition) is 2. The second-order valence-electron chi connectivity index (χ2n) is 8.61. The minimum atomic E-state index is -0.386. The number of thioether (sulfide) groups is 1. The van der Waals surface area contributed by atoms with Crippen molar-refractivity contribution in [3.63, 3.8) is 0 Å². The van der Waals surface area contributed by atoms with Crippen molar-refractivity contribution in [1.29, 1.82) is 0 Å². The van der Waals surface area contributed by atoms with Crippen molar-refractivity contribution in [2.45, 2.75) is 50.1 Å². The highest BCUT2D eigenvalue weighted by Gasteiger charge is 2.38. The molecule has 0 aromatic carbocycles. The zero-order valence-corrected chi connectivity index (χ0v) is 20.5. The summed E-state index contributed by atoms with van der Waals surface area (Å²) >= 11 is 7.03. The first kappa shape index (κ1) is 23.5. The van der Waals surface area contributed by atoms with E-state index >= 15 is 0 Å². The molecule has 2 atom stereocenters. The van der Waals surface area contributed by atoms with E-state index < -0.39 is 0 Å². The highest BCUT2D eigenvalue weighted by molar-refractivity contribution is 7.99. The molecule has 4 heterocycles. The number of rotatable bonds is 6. The summed E-state index contributed by atoms with van der Waals surface area (Å²) in [5.41, 5.74) is 0. The molecule has 9 nitrogen and oxygen atoms in total. The van der Waals surface area contributed by atoms with E-state index in [9.17, 15) is 9.59 Å². The molecule has 0 saturated carbocycles. The maximum atomic E-state index is 12.6. The molecule has 4 rings (SSSR count). The fraction of sp³-hybridized carbons (Fsp3) is 0.500. The van der Waals surface area contributed by atoms with Gasteiger partial charge < -0.3 is 19.9 Å². The first-order valence-corrected chi connectivity index (χ1v) is 12.4. The molecule has 11 heteroatoms. The van der Waals surface area contributed by atoms with Crippen LogP contribution in [0, 0.1) is 11.8 Å². The smallest absolute Gasteiger partial charge is 0.409 e. The molecule has 0 spiro atoms. The number of imidazole rings is 1. The topological polar surface area (TPSA) is 103 Å². The predicted octanol–water partition coefficient (Wildman–Crippen LogP) is 3.44. The Morgan fingerprint density at radius 3 is 2.58 bits per heavy atom. The normalized spacial score (nSPS) is 20.3. The lowest BCUT2D eigenvalue weighted by molar-refractivity contribution is -0.119. The molecule has 2 fully saturated rings. The monoisotopic (exact) mass is 488 g/mol. The quantitative estimate of drug-likeness (QED) is 0.471. The molecule has 2 unspecified atom stereocenters. The van der Waals surface area contributed by atoms with Crippen molar-refractivity contribution in [2.75, 3.05) is 18.0 Å². The number of aromatic amines is 1. The van der Waals surface area contributed by atoms with Gasteiger partial charge >= 0.3 is 6.09 Å². The van der Waals surface area contributed by atoms with Gasteiger partial charge in [0.2, 0.25) is 0 Å². The van der Waals surface area contributed by atoms with Crippen molar-refractivity contribution in [1.82, 2.24) is 25.2 Å². The van der Waals surface area contributed by atoms with Crippen LogP contribution in [0.15, 0.2) is 35.9 Å². The number of carbonyl (C=O) groups is 2. The number of carbonyl (C=O) groups excluding carboxylic acids is 2. The van der Waals surface area contributed by atoms with Gasteiger partial charge in [0, 0.05) is 30.7 Å². The Bertz CT molecular complexity index is 990. The molecule has 2 aliphatic heterocycles. The van der Waals surface area contributed by atoms with E-state index in [1.807, 2.05) is 20.0 Å². The molecule has 2 aromatic heterocycles. The molecule has 176 valence electrons. The number of pyridine rings is 1. The van der Waals surface area contributed by atoms with Crippen LogP contribution in [-0.4, -0.2) is 61.3 Å². The van der Waals surface area contributed by atoms with Crippen LogP contribution >= 0.6 is 24.0 Å². The van der Waals surface area contributed by atoms with Gasteiger partial charge in [-0.25, -0.2) is 19.7 Å². The van der Waals surface area contributed by atoms with Crippen molar-refractivity contribution in [3.8, 4) is 5.75 Å². The highest BCUT2D eigenvalue weighted by atomic mass is 32.2. The second kappa shape index (κ2) is 10.1. The lowest BCUT2D eigenvalue weighted by Gasteiger charge is -2.33. The zero-order valence-electron chi connectivity index (χ0n) is 18.9. The molecule has 2 amide bonds. The predicted molar refractivity (Wildman–Crippen MR) is 130 cm³/mol. The molecular weight excluding hydrogens is 460 g/mol. The Hall–Kier alpha value is -2.66. The number of likely N-dealkylation sites (tertiary alicyclic amines) is 1. The van der Waals surface area contributed by atoms with Gasteiger partial charge in [-0.15, -0.1) is 0 Å². The second-order valence-corrected chi connectivity index (χ2v) is 10.4. The van der Waals surface area contributed by atoms with Gasteiger partial charge in [0.15, 0.2) is 16.0 Å². The van der Waals surface area contributed by atoms with Gasteiger partial charge in [-0.3, -0.25) is 4.79 Å². The number of ether oxygens (including phenoxy) is 1. The van der Waals surface area contributed by atoms with Crippen LogP contribution in [-0.2, 0) is 4.79 Å². The van der Waals surface area contributed by atoms with Gasteiger partial charge in [-0.2, -0.15) is 0 Å². The first-order chi connectivity index (χ1) is 15.8. The van der Waals surface area contributed by atoms with E-state index in [1.165, 1.54) is 11.1 Å². The number of nitrogens with one attached hydrogen (secondary N) is 2. The van der Waals surface area contributed by atoms with Crippen LogP contribution in [0.2, 0.25) is 0 Å². The van der Waals surface area contributed by atoms with Crippen molar-refractivity contribution in [3.05, 3.63) is 30.7 Å². The van der Waals surface area contributed by atoms with Crippen LogP contribution in [0.4, 0.5) is 10.6 Å². The van der Waals surface area contributed by atoms with Crippen LogP contribution in [0.25, 0.3) is 0 Å². The average molecular weight is 489 g/mol. The summed E-state index contributed by atoms with van der Waals surface area (Å²) in [6, 6.07) is 2.91.